The van der Waals surface area contributed by atoms with Gasteiger partial charge in [0.1, 0.15) is 0 Å². The molecule has 2 rings (SSSR count). The molecule has 82 valence electrons. The van der Waals surface area contributed by atoms with Gasteiger partial charge in [-0.2, -0.15) is 17.4 Å². The maximum absolute atomic E-state index is 11.8. The average Bonchev–Trinajstić information content (AvgIpc) is 2.80. The standard InChI is InChI=1S/C8H16N2O3S/c11-6-8-2-1-5-10(8)14(12,13)9-7-3-4-7/h7-9,11H,1-6H2/t8-/m1/s1. The van der Waals surface area contributed by atoms with Crippen molar-refractivity contribution >= 4 is 10.2 Å². The highest BCUT2D eigenvalue weighted by molar-refractivity contribution is 7.87. The van der Waals surface area contributed by atoms with Crippen LogP contribution in [0.2, 0.25) is 0 Å². The summed E-state index contributed by atoms with van der Waals surface area (Å²) in [4.78, 5) is 0. The van der Waals surface area contributed by atoms with Crippen LogP contribution < -0.4 is 4.72 Å². The highest BCUT2D eigenvalue weighted by Crippen LogP contribution is 2.24. The predicted octanol–water partition coefficient (Wildman–Crippen LogP) is -0.560. The van der Waals surface area contributed by atoms with E-state index in [2.05, 4.69) is 4.72 Å². The number of aliphatic hydroxyl groups excluding tert-OH is 1. The van der Waals surface area contributed by atoms with Crippen LogP contribution in [0.1, 0.15) is 25.7 Å². The highest BCUT2D eigenvalue weighted by Gasteiger charge is 2.37. The largest absolute Gasteiger partial charge is 0.395 e. The van der Waals surface area contributed by atoms with E-state index in [-0.39, 0.29) is 18.7 Å². The van der Waals surface area contributed by atoms with Gasteiger partial charge in [0.15, 0.2) is 0 Å². The Kier molecular flexibility index (Phi) is 2.79. The van der Waals surface area contributed by atoms with E-state index in [0.717, 1.165) is 25.7 Å². The van der Waals surface area contributed by atoms with E-state index >= 15 is 0 Å². The molecule has 1 atom stereocenters. The van der Waals surface area contributed by atoms with Gasteiger partial charge < -0.3 is 5.11 Å². The summed E-state index contributed by atoms with van der Waals surface area (Å²) >= 11 is 0. The van der Waals surface area contributed by atoms with Crippen LogP contribution in [-0.2, 0) is 10.2 Å². The van der Waals surface area contributed by atoms with Gasteiger partial charge in [0.2, 0.25) is 0 Å². The van der Waals surface area contributed by atoms with Crippen molar-refractivity contribution in [3.63, 3.8) is 0 Å². The molecule has 1 aliphatic carbocycles. The zero-order chi connectivity index (χ0) is 10.2. The first-order valence-electron chi connectivity index (χ1n) is 5.03. The molecule has 5 nitrogen and oxygen atoms in total. The monoisotopic (exact) mass is 220 g/mol. The molecule has 0 aromatic carbocycles. The van der Waals surface area contributed by atoms with Crippen molar-refractivity contribution in [2.75, 3.05) is 13.2 Å². The lowest BCUT2D eigenvalue weighted by atomic mass is 10.2. The van der Waals surface area contributed by atoms with E-state index in [0.29, 0.717) is 6.54 Å². The summed E-state index contributed by atoms with van der Waals surface area (Å²) in [5.41, 5.74) is 0. The van der Waals surface area contributed by atoms with Crippen molar-refractivity contribution in [2.24, 2.45) is 0 Å². The minimum absolute atomic E-state index is 0.0778. The molecule has 1 aliphatic heterocycles. The summed E-state index contributed by atoms with van der Waals surface area (Å²) in [5, 5.41) is 9.02. The minimum atomic E-state index is -3.33. The van der Waals surface area contributed by atoms with Crippen LogP contribution in [-0.4, -0.2) is 43.1 Å². The van der Waals surface area contributed by atoms with Crippen LogP contribution in [0.15, 0.2) is 0 Å². The van der Waals surface area contributed by atoms with E-state index < -0.39 is 10.2 Å². The van der Waals surface area contributed by atoms with Crippen molar-refractivity contribution in [2.45, 2.75) is 37.8 Å². The zero-order valence-corrected chi connectivity index (χ0v) is 8.83. The van der Waals surface area contributed by atoms with Gasteiger partial charge >= 0.3 is 0 Å². The molecule has 0 aromatic heterocycles. The normalized spacial score (nSPS) is 29.6. The van der Waals surface area contributed by atoms with E-state index in [4.69, 9.17) is 5.11 Å². The lowest BCUT2D eigenvalue weighted by Gasteiger charge is -2.22. The van der Waals surface area contributed by atoms with Crippen LogP contribution in [0.4, 0.5) is 0 Å². The molecular formula is C8H16N2O3S. The molecule has 1 saturated heterocycles. The topological polar surface area (TPSA) is 69.6 Å². The lowest BCUT2D eigenvalue weighted by molar-refractivity contribution is 0.212. The SMILES string of the molecule is O=S(=O)(NC1CC1)N1CCC[C@@H]1CO. The van der Waals surface area contributed by atoms with E-state index in [9.17, 15) is 8.42 Å². The van der Waals surface area contributed by atoms with Gasteiger partial charge in [-0.05, 0) is 25.7 Å². The Morgan fingerprint density at radius 2 is 2.07 bits per heavy atom. The average molecular weight is 220 g/mol. The molecule has 0 unspecified atom stereocenters. The maximum atomic E-state index is 11.8. The first-order chi connectivity index (χ1) is 6.63. The maximum Gasteiger partial charge on any atom is 0.280 e. The molecule has 1 heterocycles. The van der Waals surface area contributed by atoms with Crippen LogP contribution in [0.25, 0.3) is 0 Å². The molecule has 2 aliphatic rings. The Bertz CT molecular complexity index is 300. The zero-order valence-electron chi connectivity index (χ0n) is 8.02. The molecule has 1 saturated carbocycles. The Hall–Kier alpha value is -0.170. The summed E-state index contributed by atoms with van der Waals surface area (Å²) in [6.07, 6.45) is 3.49. The van der Waals surface area contributed by atoms with Crippen LogP contribution >= 0.6 is 0 Å². The van der Waals surface area contributed by atoms with Crippen LogP contribution in [0, 0.1) is 0 Å². The smallest absolute Gasteiger partial charge is 0.280 e. The molecule has 0 aromatic rings. The van der Waals surface area contributed by atoms with Gasteiger partial charge in [-0.25, -0.2) is 0 Å². The summed E-state index contributed by atoms with van der Waals surface area (Å²) < 4.78 is 27.5. The summed E-state index contributed by atoms with van der Waals surface area (Å²) in [6.45, 7) is 0.457. The van der Waals surface area contributed by atoms with E-state index in [1.807, 2.05) is 0 Å². The molecule has 0 radical (unpaired) electrons. The molecule has 0 spiro atoms. The van der Waals surface area contributed by atoms with Gasteiger partial charge in [0.25, 0.3) is 10.2 Å². The van der Waals surface area contributed by atoms with Gasteiger partial charge in [-0.1, -0.05) is 0 Å². The molecule has 2 N–H and O–H groups in total. The Labute approximate surface area is 84.3 Å². The van der Waals surface area contributed by atoms with Crippen molar-refractivity contribution < 1.29 is 13.5 Å². The Morgan fingerprint density at radius 1 is 1.36 bits per heavy atom. The number of rotatable bonds is 4. The second kappa shape index (κ2) is 3.77. The predicted molar refractivity (Wildman–Crippen MR) is 51.9 cm³/mol. The fourth-order valence-electron chi connectivity index (χ4n) is 1.79. The molecule has 6 heteroatoms. The molecular weight excluding hydrogens is 204 g/mol. The number of hydrogen-bond acceptors (Lipinski definition) is 3. The third-order valence-corrected chi connectivity index (χ3v) is 4.46. The molecule has 0 bridgehead atoms. The summed E-state index contributed by atoms with van der Waals surface area (Å²) in [5.74, 6) is 0. The van der Waals surface area contributed by atoms with Crippen LogP contribution in [0.5, 0.6) is 0 Å². The summed E-state index contributed by atoms with van der Waals surface area (Å²) in [6, 6.07) is -0.0776. The van der Waals surface area contributed by atoms with E-state index in [1.165, 1.54) is 4.31 Å². The third-order valence-electron chi connectivity index (χ3n) is 2.74. The lowest BCUT2D eigenvalue weighted by Crippen LogP contribution is -2.45. The number of nitrogens with zero attached hydrogens (tertiary/aromatic N) is 1. The first kappa shape index (κ1) is 10.4. The first-order valence-corrected chi connectivity index (χ1v) is 6.47. The van der Waals surface area contributed by atoms with Gasteiger partial charge in [-0.15, -0.1) is 0 Å². The molecule has 0 amide bonds. The van der Waals surface area contributed by atoms with Gasteiger partial charge in [0.05, 0.1) is 6.61 Å². The number of aliphatic hydroxyl groups is 1. The van der Waals surface area contributed by atoms with Gasteiger partial charge in [-0.3, -0.25) is 0 Å². The van der Waals surface area contributed by atoms with E-state index in [1.54, 1.807) is 0 Å². The fourth-order valence-corrected chi connectivity index (χ4v) is 3.51. The number of hydrogen-bond donors (Lipinski definition) is 2. The highest BCUT2D eigenvalue weighted by atomic mass is 32.2. The second-order valence-electron chi connectivity index (χ2n) is 3.99. The van der Waals surface area contributed by atoms with Crippen molar-refractivity contribution in [1.29, 1.82) is 0 Å². The summed E-state index contributed by atoms with van der Waals surface area (Å²) in [7, 11) is -3.33. The van der Waals surface area contributed by atoms with Crippen molar-refractivity contribution in [3.05, 3.63) is 0 Å². The van der Waals surface area contributed by atoms with Crippen LogP contribution in [0.3, 0.4) is 0 Å². The number of nitrogens with one attached hydrogen (secondary N) is 1. The Balaban J connectivity index is 2.03. The van der Waals surface area contributed by atoms with Gasteiger partial charge in [0, 0.05) is 18.6 Å². The third kappa shape index (κ3) is 2.08. The quantitative estimate of drug-likeness (QED) is 0.667. The minimum Gasteiger partial charge on any atom is -0.395 e. The molecule has 14 heavy (non-hydrogen) atoms. The van der Waals surface area contributed by atoms with Crippen molar-refractivity contribution in [1.82, 2.24) is 9.03 Å². The van der Waals surface area contributed by atoms with Crippen molar-refractivity contribution in [3.8, 4) is 0 Å². The molecule has 2 fully saturated rings. The second-order valence-corrected chi connectivity index (χ2v) is 5.64. The fraction of sp³-hybridized carbons (Fsp3) is 1.00. The Morgan fingerprint density at radius 3 is 2.64 bits per heavy atom.